The lowest BCUT2D eigenvalue weighted by molar-refractivity contribution is -0.126. The molecule has 10 heavy (non-hydrogen) atoms. The SMILES string of the molecule is C=C1C(=O)CCC(C)C1=O. The summed E-state index contributed by atoms with van der Waals surface area (Å²) in [6.45, 7) is 5.26. The summed E-state index contributed by atoms with van der Waals surface area (Å²) in [6.07, 6.45) is 1.18. The molecule has 0 aliphatic heterocycles. The highest BCUT2D eigenvalue weighted by Gasteiger charge is 2.26. The highest BCUT2D eigenvalue weighted by molar-refractivity contribution is 6.21. The van der Waals surface area contributed by atoms with Gasteiger partial charge in [-0.1, -0.05) is 13.5 Å². The number of ketones is 2. The maximum atomic E-state index is 11.0. The van der Waals surface area contributed by atoms with Gasteiger partial charge in [-0.3, -0.25) is 9.59 Å². The molecule has 1 saturated carbocycles. The van der Waals surface area contributed by atoms with Crippen LogP contribution in [0.1, 0.15) is 19.8 Å². The molecule has 1 fully saturated rings. The van der Waals surface area contributed by atoms with Crippen molar-refractivity contribution in [2.45, 2.75) is 19.8 Å². The summed E-state index contributed by atoms with van der Waals surface area (Å²) in [7, 11) is 0. The highest BCUT2D eigenvalue weighted by Crippen LogP contribution is 2.20. The van der Waals surface area contributed by atoms with Crippen LogP contribution in [0.25, 0.3) is 0 Å². The number of hydrogen-bond donors (Lipinski definition) is 0. The van der Waals surface area contributed by atoms with E-state index in [1.165, 1.54) is 0 Å². The van der Waals surface area contributed by atoms with Crippen LogP contribution in [0.4, 0.5) is 0 Å². The van der Waals surface area contributed by atoms with Gasteiger partial charge in [0.25, 0.3) is 0 Å². The van der Waals surface area contributed by atoms with Crippen molar-refractivity contribution in [3.05, 3.63) is 12.2 Å². The number of carbonyl (C=O) groups is 2. The van der Waals surface area contributed by atoms with E-state index in [-0.39, 0.29) is 23.1 Å². The quantitative estimate of drug-likeness (QED) is 0.371. The van der Waals surface area contributed by atoms with Crippen molar-refractivity contribution >= 4 is 11.6 Å². The van der Waals surface area contributed by atoms with Gasteiger partial charge in [0.15, 0.2) is 11.6 Å². The van der Waals surface area contributed by atoms with Crippen molar-refractivity contribution in [2.24, 2.45) is 5.92 Å². The average Bonchev–Trinajstić information content (AvgIpc) is 1.93. The molecule has 0 bridgehead atoms. The maximum absolute atomic E-state index is 11.0. The maximum Gasteiger partial charge on any atom is 0.168 e. The van der Waals surface area contributed by atoms with E-state index in [0.29, 0.717) is 12.8 Å². The van der Waals surface area contributed by atoms with Crippen LogP contribution in [0, 0.1) is 5.92 Å². The van der Waals surface area contributed by atoms with Gasteiger partial charge in [0.05, 0.1) is 5.57 Å². The second kappa shape index (κ2) is 2.37. The molecule has 0 aromatic carbocycles. The third kappa shape index (κ3) is 1.01. The summed E-state index contributed by atoms with van der Waals surface area (Å²) in [5, 5.41) is 0. The zero-order chi connectivity index (χ0) is 7.72. The number of Topliss-reactive ketones (excluding diaryl/α,β-unsaturated/α-hetero) is 2. The highest BCUT2D eigenvalue weighted by atomic mass is 16.2. The van der Waals surface area contributed by atoms with E-state index in [4.69, 9.17) is 0 Å². The first-order chi connectivity index (χ1) is 4.63. The van der Waals surface area contributed by atoms with Crippen molar-refractivity contribution < 1.29 is 9.59 Å². The molecule has 0 amide bonds. The first kappa shape index (κ1) is 7.19. The summed E-state index contributed by atoms with van der Waals surface area (Å²) in [6, 6.07) is 0. The third-order valence-electron chi connectivity index (χ3n) is 1.89. The molecule has 0 aromatic rings. The van der Waals surface area contributed by atoms with Gasteiger partial charge in [-0.25, -0.2) is 0 Å². The fourth-order valence-corrected chi connectivity index (χ4v) is 1.06. The average molecular weight is 138 g/mol. The van der Waals surface area contributed by atoms with Crippen LogP contribution in [-0.4, -0.2) is 11.6 Å². The number of rotatable bonds is 0. The lowest BCUT2D eigenvalue weighted by Crippen LogP contribution is -2.25. The van der Waals surface area contributed by atoms with Gasteiger partial charge in [0.1, 0.15) is 0 Å². The number of carbonyl (C=O) groups excluding carboxylic acids is 2. The molecular formula is C8H10O2. The van der Waals surface area contributed by atoms with E-state index in [1.54, 1.807) is 0 Å². The standard InChI is InChI=1S/C8H10O2/c1-5-3-4-7(9)6(2)8(5)10/h5H,2-4H2,1H3. The van der Waals surface area contributed by atoms with Crippen LogP contribution in [0.3, 0.4) is 0 Å². The van der Waals surface area contributed by atoms with Crippen molar-refractivity contribution in [1.82, 2.24) is 0 Å². The van der Waals surface area contributed by atoms with E-state index in [2.05, 4.69) is 6.58 Å². The second-order valence-electron chi connectivity index (χ2n) is 2.71. The van der Waals surface area contributed by atoms with Gasteiger partial charge in [-0.15, -0.1) is 0 Å². The molecule has 0 N–H and O–H groups in total. The first-order valence-electron chi connectivity index (χ1n) is 3.39. The molecule has 0 radical (unpaired) electrons. The lowest BCUT2D eigenvalue weighted by atomic mass is 9.85. The van der Waals surface area contributed by atoms with E-state index in [1.807, 2.05) is 6.92 Å². The Labute approximate surface area is 59.9 Å². The molecule has 0 aromatic heterocycles. The van der Waals surface area contributed by atoms with Gasteiger partial charge < -0.3 is 0 Å². The predicted molar refractivity (Wildman–Crippen MR) is 37.6 cm³/mol. The Hall–Kier alpha value is -0.920. The fraction of sp³-hybridized carbons (Fsp3) is 0.500. The van der Waals surface area contributed by atoms with Crippen LogP contribution < -0.4 is 0 Å². The molecular weight excluding hydrogens is 128 g/mol. The zero-order valence-electron chi connectivity index (χ0n) is 6.02. The van der Waals surface area contributed by atoms with Crippen LogP contribution in [0.5, 0.6) is 0 Å². The van der Waals surface area contributed by atoms with Crippen LogP contribution in [0.15, 0.2) is 12.2 Å². The minimum atomic E-state index is -0.0805. The van der Waals surface area contributed by atoms with Gasteiger partial charge in [-0.05, 0) is 6.42 Å². The van der Waals surface area contributed by atoms with Crippen molar-refractivity contribution in [3.8, 4) is 0 Å². The molecule has 0 heterocycles. The van der Waals surface area contributed by atoms with E-state index >= 15 is 0 Å². The Kier molecular flexibility index (Phi) is 1.70. The Balaban J connectivity index is 2.80. The van der Waals surface area contributed by atoms with Crippen molar-refractivity contribution in [1.29, 1.82) is 0 Å². The Morgan fingerprint density at radius 2 is 2.10 bits per heavy atom. The minimum absolute atomic E-state index is 0.00481. The number of allylic oxidation sites excluding steroid dienone is 1. The predicted octanol–water partition coefficient (Wildman–Crippen LogP) is 1.11. The van der Waals surface area contributed by atoms with E-state index in [0.717, 1.165) is 0 Å². The van der Waals surface area contributed by atoms with Gasteiger partial charge >= 0.3 is 0 Å². The van der Waals surface area contributed by atoms with Crippen LogP contribution >= 0.6 is 0 Å². The lowest BCUT2D eigenvalue weighted by Gasteiger charge is -2.16. The van der Waals surface area contributed by atoms with Crippen molar-refractivity contribution in [3.63, 3.8) is 0 Å². The molecule has 54 valence electrons. The minimum Gasteiger partial charge on any atom is -0.294 e. The molecule has 0 spiro atoms. The molecule has 2 heteroatoms. The van der Waals surface area contributed by atoms with Gasteiger partial charge in [0, 0.05) is 12.3 Å². The zero-order valence-corrected chi connectivity index (χ0v) is 6.02. The normalized spacial score (nSPS) is 27.3. The molecule has 1 unspecified atom stereocenters. The largest absolute Gasteiger partial charge is 0.294 e. The van der Waals surface area contributed by atoms with Crippen LogP contribution in [0.2, 0.25) is 0 Å². The molecule has 1 aliphatic carbocycles. The summed E-state index contributed by atoms with van der Waals surface area (Å²) in [5.74, 6) is -0.149. The summed E-state index contributed by atoms with van der Waals surface area (Å²) in [4.78, 5) is 21.8. The van der Waals surface area contributed by atoms with Gasteiger partial charge in [-0.2, -0.15) is 0 Å². The smallest absolute Gasteiger partial charge is 0.168 e. The van der Waals surface area contributed by atoms with Crippen LogP contribution in [-0.2, 0) is 9.59 Å². The van der Waals surface area contributed by atoms with E-state index in [9.17, 15) is 9.59 Å². The van der Waals surface area contributed by atoms with E-state index < -0.39 is 0 Å². The number of hydrogen-bond acceptors (Lipinski definition) is 2. The Bertz CT molecular complexity index is 203. The third-order valence-corrected chi connectivity index (χ3v) is 1.89. The summed E-state index contributed by atoms with van der Waals surface area (Å²) in [5.41, 5.74) is 0.193. The second-order valence-corrected chi connectivity index (χ2v) is 2.71. The molecule has 0 saturated heterocycles. The molecule has 1 aliphatic rings. The fourth-order valence-electron chi connectivity index (χ4n) is 1.06. The monoisotopic (exact) mass is 138 g/mol. The summed E-state index contributed by atoms with van der Waals surface area (Å²) < 4.78 is 0. The topological polar surface area (TPSA) is 34.1 Å². The van der Waals surface area contributed by atoms with Gasteiger partial charge in [0.2, 0.25) is 0 Å². The summed E-state index contributed by atoms with van der Waals surface area (Å²) >= 11 is 0. The molecule has 2 nitrogen and oxygen atoms in total. The Morgan fingerprint density at radius 3 is 2.60 bits per heavy atom. The van der Waals surface area contributed by atoms with Crippen molar-refractivity contribution in [2.75, 3.05) is 0 Å². The Morgan fingerprint density at radius 1 is 1.50 bits per heavy atom. The molecule has 1 rings (SSSR count). The molecule has 1 atom stereocenters. The first-order valence-corrected chi connectivity index (χ1v) is 3.39.